The number of benzene rings is 1. The molecule has 0 spiro atoms. The summed E-state index contributed by atoms with van der Waals surface area (Å²) in [6.45, 7) is 14.0. The Morgan fingerprint density at radius 2 is 1.79 bits per heavy atom. The summed E-state index contributed by atoms with van der Waals surface area (Å²) in [7, 11) is 2.25. The fourth-order valence-corrected chi connectivity index (χ4v) is 3.27. The van der Waals surface area contributed by atoms with Crippen LogP contribution in [0.25, 0.3) is 0 Å². The SMILES string of the molecule is BCCc1ccc(CCN(CC)CC2=CC=CNC2=C)c(C)c1C. The fourth-order valence-electron chi connectivity index (χ4n) is 3.27. The first-order chi connectivity index (χ1) is 11.6. The molecule has 0 saturated heterocycles. The second-order valence-electron chi connectivity index (χ2n) is 6.68. The summed E-state index contributed by atoms with van der Waals surface area (Å²) in [6.07, 6.45) is 9.66. The molecular weight excluding hydrogens is 291 g/mol. The molecule has 0 aromatic heterocycles. The van der Waals surface area contributed by atoms with E-state index in [9.17, 15) is 0 Å². The van der Waals surface area contributed by atoms with E-state index in [2.05, 4.69) is 69.7 Å². The number of rotatable bonds is 8. The molecule has 24 heavy (non-hydrogen) atoms. The van der Waals surface area contributed by atoms with E-state index in [4.69, 9.17) is 0 Å². The van der Waals surface area contributed by atoms with E-state index in [1.807, 2.05) is 6.20 Å². The molecule has 1 heterocycles. The molecule has 1 aliphatic rings. The highest BCUT2D eigenvalue weighted by Gasteiger charge is 2.11. The van der Waals surface area contributed by atoms with E-state index in [1.54, 1.807) is 0 Å². The summed E-state index contributed by atoms with van der Waals surface area (Å²) in [5.41, 5.74) is 8.25. The molecule has 1 aliphatic heterocycles. The van der Waals surface area contributed by atoms with Crippen molar-refractivity contribution in [2.75, 3.05) is 19.6 Å². The van der Waals surface area contributed by atoms with Gasteiger partial charge in [0.2, 0.25) is 0 Å². The molecule has 0 radical (unpaired) electrons. The lowest BCUT2D eigenvalue weighted by atomic mass is 9.90. The molecule has 0 atom stereocenters. The lowest BCUT2D eigenvalue weighted by Gasteiger charge is -2.24. The van der Waals surface area contributed by atoms with Crippen molar-refractivity contribution in [3.8, 4) is 0 Å². The zero-order valence-corrected chi connectivity index (χ0v) is 15.8. The smallest absolute Gasteiger partial charge is 0.101 e. The molecule has 2 nitrogen and oxygen atoms in total. The van der Waals surface area contributed by atoms with Crippen LogP contribution in [0.1, 0.15) is 29.2 Å². The van der Waals surface area contributed by atoms with Gasteiger partial charge in [0.1, 0.15) is 7.85 Å². The standard InChI is InChI=1S/C21H31BN2/c1-5-24(15-21-7-6-13-23-18(21)4)14-11-20-9-8-19(10-12-22)16(2)17(20)3/h6-9,13,23H,4-5,10-12,14-15,22H2,1-3H3. The largest absolute Gasteiger partial charge is 0.362 e. The highest BCUT2D eigenvalue weighted by Crippen LogP contribution is 2.20. The molecule has 0 bridgehead atoms. The topological polar surface area (TPSA) is 15.3 Å². The van der Waals surface area contributed by atoms with Crippen LogP contribution >= 0.6 is 0 Å². The van der Waals surface area contributed by atoms with Gasteiger partial charge in [-0.2, -0.15) is 0 Å². The molecule has 2 rings (SSSR count). The van der Waals surface area contributed by atoms with Gasteiger partial charge >= 0.3 is 0 Å². The van der Waals surface area contributed by atoms with Crippen molar-refractivity contribution in [3.05, 3.63) is 70.6 Å². The predicted octanol–water partition coefficient (Wildman–Crippen LogP) is 3.32. The van der Waals surface area contributed by atoms with E-state index in [1.165, 1.54) is 40.6 Å². The number of nitrogens with zero attached hydrogens (tertiary/aromatic N) is 1. The predicted molar refractivity (Wildman–Crippen MR) is 108 cm³/mol. The van der Waals surface area contributed by atoms with Crippen LogP contribution < -0.4 is 5.32 Å². The molecule has 0 fully saturated rings. The Morgan fingerprint density at radius 1 is 1.12 bits per heavy atom. The van der Waals surface area contributed by atoms with Crippen LogP contribution in [0.2, 0.25) is 6.32 Å². The third kappa shape index (κ3) is 4.64. The maximum Gasteiger partial charge on any atom is 0.101 e. The van der Waals surface area contributed by atoms with Gasteiger partial charge in [0, 0.05) is 25.0 Å². The van der Waals surface area contributed by atoms with Gasteiger partial charge in [-0.25, -0.2) is 0 Å². The molecule has 0 amide bonds. The number of hydrogen-bond acceptors (Lipinski definition) is 2. The fraction of sp³-hybridized carbons (Fsp3) is 0.429. The van der Waals surface area contributed by atoms with Crippen molar-refractivity contribution in [1.82, 2.24) is 10.2 Å². The van der Waals surface area contributed by atoms with Gasteiger partial charge in [0.15, 0.2) is 0 Å². The molecule has 1 aromatic rings. The molecule has 3 heteroatoms. The molecule has 0 saturated carbocycles. The van der Waals surface area contributed by atoms with Crippen LogP contribution in [0.4, 0.5) is 0 Å². The first-order valence-corrected chi connectivity index (χ1v) is 9.18. The molecular formula is C21H31BN2. The summed E-state index contributed by atoms with van der Waals surface area (Å²) in [4.78, 5) is 2.49. The average molecular weight is 322 g/mol. The van der Waals surface area contributed by atoms with E-state index in [0.717, 1.165) is 31.8 Å². The number of aryl methyl sites for hydroxylation is 1. The monoisotopic (exact) mass is 322 g/mol. The molecule has 0 aliphatic carbocycles. The summed E-state index contributed by atoms with van der Waals surface area (Å²) >= 11 is 0. The Kier molecular flexibility index (Phi) is 6.92. The highest BCUT2D eigenvalue weighted by atomic mass is 15.1. The summed E-state index contributed by atoms with van der Waals surface area (Å²) in [5.74, 6) is 0. The first kappa shape index (κ1) is 18.6. The van der Waals surface area contributed by atoms with Crippen molar-refractivity contribution in [2.45, 2.75) is 39.9 Å². The Labute approximate surface area is 148 Å². The second-order valence-corrected chi connectivity index (χ2v) is 6.68. The molecule has 1 aromatic carbocycles. The molecule has 1 N–H and O–H groups in total. The lowest BCUT2D eigenvalue weighted by Crippen LogP contribution is -2.30. The average Bonchev–Trinajstić information content (AvgIpc) is 2.59. The maximum absolute atomic E-state index is 4.10. The van der Waals surface area contributed by atoms with E-state index < -0.39 is 0 Å². The van der Waals surface area contributed by atoms with Crippen molar-refractivity contribution >= 4 is 7.85 Å². The van der Waals surface area contributed by atoms with Crippen molar-refractivity contribution < 1.29 is 0 Å². The quantitative estimate of drug-likeness (QED) is 0.739. The van der Waals surface area contributed by atoms with Crippen LogP contribution in [0.3, 0.4) is 0 Å². The van der Waals surface area contributed by atoms with Gasteiger partial charge in [-0.05, 0) is 67.1 Å². The van der Waals surface area contributed by atoms with Crippen LogP contribution in [0.15, 0.2) is 48.3 Å². The summed E-state index contributed by atoms with van der Waals surface area (Å²) < 4.78 is 0. The minimum Gasteiger partial charge on any atom is -0.362 e. The lowest BCUT2D eigenvalue weighted by molar-refractivity contribution is 0.316. The van der Waals surface area contributed by atoms with Gasteiger partial charge in [0.25, 0.3) is 0 Å². The number of hydrogen-bond donors (Lipinski definition) is 1. The Morgan fingerprint density at radius 3 is 2.38 bits per heavy atom. The van der Waals surface area contributed by atoms with Crippen LogP contribution in [-0.2, 0) is 12.8 Å². The van der Waals surface area contributed by atoms with Crippen LogP contribution in [0, 0.1) is 13.8 Å². The number of dihydropyridines is 1. The second kappa shape index (κ2) is 8.93. The third-order valence-corrected chi connectivity index (χ3v) is 5.11. The summed E-state index contributed by atoms with van der Waals surface area (Å²) in [6, 6.07) is 4.67. The van der Waals surface area contributed by atoms with Gasteiger partial charge in [-0.15, -0.1) is 0 Å². The Balaban J connectivity index is 2.00. The first-order valence-electron chi connectivity index (χ1n) is 9.18. The zero-order valence-electron chi connectivity index (χ0n) is 15.8. The number of nitrogens with one attached hydrogen (secondary N) is 1. The van der Waals surface area contributed by atoms with Crippen molar-refractivity contribution in [1.29, 1.82) is 0 Å². The van der Waals surface area contributed by atoms with Gasteiger partial charge in [-0.1, -0.05) is 38.0 Å². The van der Waals surface area contributed by atoms with E-state index >= 15 is 0 Å². The van der Waals surface area contributed by atoms with Gasteiger partial charge in [0.05, 0.1) is 0 Å². The molecule has 128 valence electrons. The van der Waals surface area contributed by atoms with Crippen molar-refractivity contribution in [2.24, 2.45) is 0 Å². The van der Waals surface area contributed by atoms with Gasteiger partial charge < -0.3 is 5.32 Å². The van der Waals surface area contributed by atoms with E-state index in [-0.39, 0.29) is 0 Å². The number of likely N-dealkylation sites (N-methyl/N-ethyl adjacent to an activating group) is 1. The molecule has 0 unspecified atom stereocenters. The minimum absolute atomic E-state index is 0.957. The zero-order chi connectivity index (χ0) is 17.5. The Bertz CT molecular complexity index is 643. The number of allylic oxidation sites excluding steroid dienone is 2. The highest BCUT2D eigenvalue weighted by molar-refractivity contribution is 6.08. The maximum atomic E-state index is 4.10. The summed E-state index contributed by atoms with van der Waals surface area (Å²) in [5, 5.41) is 3.20. The van der Waals surface area contributed by atoms with Crippen LogP contribution in [-0.4, -0.2) is 32.4 Å². The van der Waals surface area contributed by atoms with E-state index in [0.29, 0.717) is 0 Å². The third-order valence-electron chi connectivity index (χ3n) is 5.11. The minimum atomic E-state index is 0.957. The van der Waals surface area contributed by atoms with Gasteiger partial charge in [-0.3, -0.25) is 4.90 Å². The van der Waals surface area contributed by atoms with Crippen LogP contribution in [0.5, 0.6) is 0 Å². The Hall–Kier alpha value is -1.74. The van der Waals surface area contributed by atoms with Crippen molar-refractivity contribution in [3.63, 3.8) is 0 Å². The normalized spacial score (nSPS) is 14.0.